The van der Waals surface area contributed by atoms with E-state index in [1.54, 1.807) is 6.07 Å². The number of halogens is 1. The van der Waals surface area contributed by atoms with Crippen LogP contribution in [0.4, 0.5) is 0 Å². The van der Waals surface area contributed by atoms with Crippen molar-refractivity contribution in [2.24, 2.45) is 0 Å². The van der Waals surface area contributed by atoms with Gasteiger partial charge in [0.05, 0.1) is 0 Å². The van der Waals surface area contributed by atoms with Crippen molar-refractivity contribution in [3.8, 4) is 5.75 Å². The van der Waals surface area contributed by atoms with Crippen LogP contribution in [0.5, 0.6) is 5.75 Å². The Morgan fingerprint density at radius 3 is 2.14 bits per heavy atom. The first kappa shape index (κ1) is 12.7. The smallest absolute Gasteiger partial charge is 0.123 e. The molecule has 14 heavy (non-hydrogen) atoms. The van der Waals surface area contributed by atoms with Gasteiger partial charge < -0.3 is 9.90 Å². The van der Waals surface area contributed by atoms with Crippen LogP contribution in [-0.2, 0) is 4.79 Å². The molecule has 0 aliphatic rings. The summed E-state index contributed by atoms with van der Waals surface area (Å²) in [5.74, 6) is 0.350. The number of fused-ring (bicyclic) bond motifs is 1. The van der Waals surface area contributed by atoms with Gasteiger partial charge in [0, 0.05) is 5.39 Å². The van der Waals surface area contributed by atoms with Crippen LogP contribution in [0.2, 0.25) is 0 Å². The van der Waals surface area contributed by atoms with E-state index < -0.39 is 0 Å². The lowest BCUT2D eigenvalue weighted by atomic mass is 10.1. The molecular weight excluding hydrogens is 244 g/mol. The van der Waals surface area contributed by atoms with Crippen molar-refractivity contribution >= 4 is 34.5 Å². The molecule has 0 heterocycles. The van der Waals surface area contributed by atoms with Crippen molar-refractivity contribution < 1.29 is 9.90 Å². The van der Waals surface area contributed by atoms with Gasteiger partial charge in [0.15, 0.2) is 0 Å². The van der Waals surface area contributed by atoms with Crippen molar-refractivity contribution in [3.63, 3.8) is 0 Å². The molecule has 0 saturated heterocycles. The van der Waals surface area contributed by atoms with Crippen LogP contribution in [0.15, 0.2) is 42.5 Å². The number of phenols is 1. The Morgan fingerprint density at radius 1 is 0.929 bits per heavy atom. The Balaban J connectivity index is 0.000000531. The van der Waals surface area contributed by atoms with Crippen molar-refractivity contribution in [2.45, 2.75) is 0 Å². The first-order valence-corrected chi connectivity index (χ1v) is 3.83. The van der Waals surface area contributed by atoms with Gasteiger partial charge in [-0.3, -0.25) is 0 Å². The molecule has 0 bridgehead atoms. The van der Waals surface area contributed by atoms with Gasteiger partial charge in [-0.05, 0) is 11.5 Å². The summed E-state index contributed by atoms with van der Waals surface area (Å²) in [5, 5.41) is 11.4. The van der Waals surface area contributed by atoms with Gasteiger partial charge >= 0.3 is 0 Å². The molecule has 74 valence electrons. The number of hydrogen-bond donors (Lipinski definition) is 1. The second-order valence-corrected chi connectivity index (χ2v) is 2.50. The highest BCUT2D eigenvalue weighted by molar-refractivity contribution is 8.93. The Hall–Kier alpha value is -1.35. The fourth-order valence-corrected chi connectivity index (χ4v) is 1.21. The third-order valence-corrected chi connectivity index (χ3v) is 1.77. The van der Waals surface area contributed by atoms with Gasteiger partial charge in [-0.15, -0.1) is 17.0 Å². The van der Waals surface area contributed by atoms with Crippen LogP contribution in [0.3, 0.4) is 0 Å². The molecule has 2 aromatic carbocycles. The first-order valence-electron chi connectivity index (χ1n) is 3.83. The highest BCUT2D eigenvalue weighted by atomic mass is 79.9. The zero-order chi connectivity index (χ0) is 9.68. The van der Waals surface area contributed by atoms with E-state index in [0.29, 0.717) is 5.75 Å². The Bertz CT molecular complexity index is 396. The largest absolute Gasteiger partial charge is 0.507 e. The van der Waals surface area contributed by atoms with Gasteiger partial charge in [0.2, 0.25) is 0 Å². The minimum absolute atomic E-state index is 0. The Kier molecular flexibility index (Phi) is 5.56. The van der Waals surface area contributed by atoms with Crippen LogP contribution in [0, 0.1) is 0 Å². The standard InChI is InChI=1S/C10H8O.CH2O.BrH/c11-10-7-3-5-8-4-1-2-6-9(8)10;1-2;/h1-7,11H;1H2;1H. The lowest BCUT2D eigenvalue weighted by molar-refractivity contribution is -0.0979. The number of carbonyl (C=O) groups is 1. The van der Waals surface area contributed by atoms with Crippen molar-refractivity contribution in [2.75, 3.05) is 0 Å². The predicted molar refractivity (Wildman–Crippen MR) is 63.1 cm³/mol. The molecule has 2 rings (SSSR count). The lowest BCUT2D eigenvalue weighted by Crippen LogP contribution is -1.70. The molecule has 0 aliphatic heterocycles. The molecule has 0 unspecified atom stereocenters. The van der Waals surface area contributed by atoms with Gasteiger partial charge in [0.25, 0.3) is 0 Å². The van der Waals surface area contributed by atoms with Crippen molar-refractivity contribution in [1.29, 1.82) is 0 Å². The van der Waals surface area contributed by atoms with E-state index in [9.17, 15) is 5.11 Å². The summed E-state index contributed by atoms with van der Waals surface area (Å²) in [7, 11) is 0. The molecule has 0 fully saturated rings. The van der Waals surface area contributed by atoms with Crippen LogP contribution >= 0.6 is 17.0 Å². The first-order chi connectivity index (χ1) is 6.38. The maximum absolute atomic E-state index is 9.37. The van der Waals surface area contributed by atoms with E-state index in [2.05, 4.69) is 0 Å². The van der Waals surface area contributed by atoms with E-state index in [-0.39, 0.29) is 17.0 Å². The van der Waals surface area contributed by atoms with Crippen molar-refractivity contribution in [1.82, 2.24) is 0 Å². The quantitative estimate of drug-likeness (QED) is 0.785. The van der Waals surface area contributed by atoms with E-state index in [4.69, 9.17) is 4.79 Å². The van der Waals surface area contributed by atoms with Crippen LogP contribution < -0.4 is 0 Å². The minimum Gasteiger partial charge on any atom is -0.507 e. The summed E-state index contributed by atoms with van der Waals surface area (Å²) in [6.07, 6.45) is 0. The van der Waals surface area contributed by atoms with E-state index in [0.717, 1.165) is 10.8 Å². The molecule has 2 aromatic rings. The molecule has 0 spiro atoms. The predicted octanol–water partition coefficient (Wildman–Crippen LogP) is 2.94. The third kappa shape index (κ3) is 2.57. The highest BCUT2D eigenvalue weighted by Gasteiger charge is 1.94. The molecule has 0 atom stereocenters. The monoisotopic (exact) mass is 254 g/mol. The minimum atomic E-state index is 0. The topological polar surface area (TPSA) is 37.3 Å². The molecule has 0 amide bonds. The van der Waals surface area contributed by atoms with Gasteiger partial charge in [-0.1, -0.05) is 36.4 Å². The maximum atomic E-state index is 9.37. The van der Waals surface area contributed by atoms with Gasteiger partial charge in [-0.2, -0.15) is 0 Å². The summed E-state index contributed by atoms with van der Waals surface area (Å²) in [5.41, 5.74) is 0. The molecule has 0 saturated carbocycles. The van der Waals surface area contributed by atoms with Crippen LogP contribution in [0.25, 0.3) is 10.8 Å². The molecule has 3 heteroatoms. The summed E-state index contributed by atoms with van der Waals surface area (Å²) in [6, 6.07) is 13.3. The highest BCUT2D eigenvalue weighted by Crippen LogP contribution is 2.22. The number of rotatable bonds is 0. The Morgan fingerprint density at radius 2 is 1.50 bits per heavy atom. The third-order valence-electron chi connectivity index (χ3n) is 1.77. The zero-order valence-electron chi connectivity index (χ0n) is 7.51. The summed E-state index contributed by atoms with van der Waals surface area (Å²) < 4.78 is 0. The van der Waals surface area contributed by atoms with Gasteiger partial charge in [-0.25, -0.2) is 0 Å². The summed E-state index contributed by atoms with van der Waals surface area (Å²) in [6.45, 7) is 2.00. The molecule has 1 N–H and O–H groups in total. The fraction of sp³-hybridized carbons (Fsp3) is 0. The maximum Gasteiger partial charge on any atom is 0.123 e. The molecule has 0 aromatic heterocycles. The van der Waals surface area contributed by atoms with Crippen LogP contribution in [-0.4, -0.2) is 11.9 Å². The number of benzene rings is 2. The number of hydrogen-bond acceptors (Lipinski definition) is 2. The average Bonchev–Trinajstić information content (AvgIpc) is 2.22. The molecule has 2 nitrogen and oxygen atoms in total. The van der Waals surface area contributed by atoms with Gasteiger partial charge in [0.1, 0.15) is 12.5 Å². The molecule has 0 aliphatic carbocycles. The van der Waals surface area contributed by atoms with E-state index in [1.807, 2.05) is 43.2 Å². The van der Waals surface area contributed by atoms with E-state index in [1.165, 1.54) is 0 Å². The molecular formula is C11H11BrO2. The lowest BCUT2D eigenvalue weighted by Gasteiger charge is -1.97. The Labute approximate surface area is 93.0 Å². The number of phenolic OH excluding ortho intramolecular Hbond substituents is 1. The van der Waals surface area contributed by atoms with Crippen molar-refractivity contribution in [3.05, 3.63) is 42.5 Å². The number of carbonyl (C=O) groups excluding carboxylic acids is 1. The normalized spacial score (nSPS) is 8.29. The van der Waals surface area contributed by atoms with E-state index >= 15 is 0 Å². The van der Waals surface area contributed by atoms with Crippen LogP contribution in [0.1, 0.15) is 0 Å². The summed E-state index contributed by atoms with van der Waals surface area (Å²) >= 11 is 0. The SMILES string of the molecule is Br.C=O.Oc1cccc2ccccc12. The fourth-order valence-electron chi connectivity index (χ4n) is 1.21. The number of aromatic hydroxyl groups is 1. The summed E-state index contributed by atoms with van der Waals surface area (Å²) in [4.78, 5) is 8.00. The second kappa shape index (κ2) is 6.16. The average molecular weight is 255 g/mol. The molecule has 0 radical (unpaired) electrons. The zero-order valence-corrected chi connectivity index (χ0v) is 9.23. The second-order valence-electron chi connectivity index (χ2n) is 2.50.